The number of hydrogen-bond donors (Lipinski definition) is 0. The third-order valence-electron chi connectivity index (χ3n) is 2.93. The zero-order chi connectivity index (χ0) is 13.3. The van der Waals surface area contributed by atoms with E-state index in [-0.39, 0.29) is 16.3 Å². The number of rotatable bonds is 4. The second-order valence-corrected chi connectivity index (χ2v) is 10.1. The van der Waals surface area contributed by atoms with Crippen molar-refractivity contribution < 1.29 is 16.8 Å². The first-order valence-corrected chi connectivity index (χ1v) is 10.00. The molecule has 0 saturated carbocycles. The minimum absolute atomic E-state index is 0.143. The van der Waals surface area contributed by atoms with Gasteiger partial charge in [-0.1, -0.05) is 22.9 Å². The number of alkyl halides is 1. The Balaban J connectivity index is 2.65. The minimum Gasteiger partial charge on any atom is -0.229 e. The van der Waals surface area contributed by atoms with Gasteiger partial charge in [0.25, 0.3) is 0 Å². The molecule has 0 bridgehead atoms. The highest BCUT2D eigenvalue weighted by Gasteiger charge is 2.31. The van der Waals surface area contributed by atoms with E-state index >= 15 is 0 Å². The van der Waals surface area contributed by atoms with Gasteiger partial charge in [-0.15, -0.1) is 0 Å². The number of nitrogens with zero attached hydrogens (tertiary/aromatic N) is 1. The monoisotopic (exact) mass is 347 g/mol. The molecule has 0 aromatic rings. The Hall–Kier alpha value is 0.340. The highest BCUT2D eigenvalue weighted by atomic mass is 79.9. The first-order chi connectivity index (χ1) is 7.62. The molecular formula is C9H18BrNO4S2. The Labute approximate surface area is 112 Å². The molecule has 0 N–H and O–H groups in total. The fraction of sp³-hybridized carbons (Fsp3) is 1.00. The predicted octanol–water partition coefficient (Wildman–Crippen LogP) is 0.466. The predicted molar refractivity (Wildman–Crippen MR) is 71.6 cm³/mol. The lowest BCUT2D eigenvalue weighted by Crippen LogP contribution is -2.45. The Morgan fingerprint density at radius 2 is 1.82 bits per heavy atom. The molecule has 0 radical (unpaired) electrons. The van der Waals surface area contributed by atoms with Crippen LogP contribution in [0.4, 0.5) is 0 Å². The summed E-state index contributed by atoms with van der Waals surface area (Å²) in [7, 11) is -6.69. The number of hydrogen-bond acceptors (Lipinski definition) is 4. The zero-order valence-corrected chi connectivity index (χ0v) is 13.2. The van der Waals surface area contributed by atoms with Gasteiger partial charge in [-0.3, -0.25) is 0 Å². The Morgan fingerprint density at radius 3 is 2.29 bits per heavy atom. The molecule has 1 aliphatic rings. The summed E-state index contributed by atoms with van der Waals surface area (Å²) in [4.78, 5) is 0.143. The van der Waals surface area contributed by atoms with Gasteiger partial charge >= 0.3 is 0 Å². The van der Waals surface area contributed by atoms with Crippen molar-refractivity contribution in [1.82, 2.24) is 4.31 Å². The summed E-state index contributed by atoms with van der Waals surface area (Å²) in [5, 5.41) is 0. The fourth-order valence-electron chi connectivity index (χ4n) is 1.63. The standard InChI is InChI=1S/C9H18BrNO4S2/c1-8-3-4-11(7-9(8)10)17(14,15)6-5-16(2,12)13/h8-9H,3-7H2,1-2H3. The van der Waals surface area contributed by atoms with Crippen LogP contribution in [0.15, 0.2) is 0 Å². The average Bonchev–Trinajstić information content (AvgIpc) is 2.18. The molecule has 0 amide bonds. The van der Waals surface area contributed by atoms with Crippen molar-refractivity contribution >= 4 is 35.8 Å². The van der Waals surface area contributed by atoms with E-state index in [9.17, 15) is 16.8 Å². The summed E-state index contributed by atoms with van der Waals surface area (Å²) < 4.78 is 47.2. The number of piperidine rings is 1. The van der Waals surface area contributed by atoms with E-state index in [1.54, 1.807) is 0 Å². The second-order valence-electron chi connectivity index (χ2n) is 4.59. The van der Waals surface area contributed by atoms with Crippen LogP contribution in [0, 0.1) is 5.92 Å². The van der Waals surface area contributed by atoms with Gasteiger partial charge < -0.3 is 0 Å². The lowest BCUT2D eigenvalue weighted by molar-refractivity contribution is 0.300. The Kier molecular flexibility index (Phi) is 5.02. The normalized spacial score (nSPS) is 28.2. The Bertz CT molecular complexity index is 459. The van der Waals surface area contributed by atoms with Crippen molar-refractivity contribution in [2.45, 2.75) is 18.2 Å². The van der Waals surface area contributed by atoms with Crippen LogP contribution >= 0.6 is 15.9 Å². The van der Waals surface area contributed by atoms with Gasteiger partial charge in [0.2, 0.25) is 10.0 Å². The minimum atomic E-state index is -3.45. The van der Waals surface area contributed by atoms with Crippen LogP contribution < -0.4 is 0 Å². The molecular weight excluding hydrogens is 330 g/mol. The van der Waals surface area contributed by atoms with Crippen molar-refractivity contribution in [1.29, 1.82) is 0 Å². The third kappa shape index (κ3) is 4.84. The fourth-order valence-corrected chi connectivity index (χ4v) is 5.52. The van der Waals surface area contributed by atoms with Crippen LogP contribution in [0.1, 0.15) is 13.3 Å². The molecule has 17 heavy (non-hydrogen) atoms. The molecule has 1 fully saturated rings. The van der Waals surface area contributed by atoms with Gasteiger partial charge in [0, 0.05) is 24.2 Å². The molecule has 0 spiro atoms. The number of halogens is 1. The molecule has 2 unspecified atom stereocenters. The highest BCUT2D eigenvalue weighted by molar-refractivity contribution is 9.09. The maximum absolute atomic E-state index is 11.9. The molecule has 0 aromatic carbocycles. The second kappa shape index (κ2) is 5.54. The molecule has 1 heterocycles. The molecule has 1 aliphatic heterocycles. The lowest BCUT2D eigenvalue weighted by Gasteiger charge is -2.33. The van der Waals surface area contributed by atoms with Crippen LogP contribution in [0.3, 0.4) is 0 Å². The van der Waals surface area contributed by atoms with Crippen LogP contribution in [0.5, 0.6) is 0 Å². The summed E-state index contributed by atoms with van der Waals surface area (Å²) in [5.41, 5.74) is 0. The largest absolute Gasteiger partial charge is 0.229 e. The topological polar surface area (TPSA) is 71.5 Å². The Morgan fingerprint density at radius 1 is 1.24 bits per heavy atom. The molecule has 1 saturated heterocycles. The van der Waals surface area contributed by atoms with Gasteiger partial charge in [-0.25, -0.2) is 21.1 Å². The first kappa shape index (κ1) is 15.4. The zero-order valence-electron chi connectivity index (χ0n) is 9.96. The van der Waals surface area contributed by atoms with E-state index in [1.807, 2.05) is 0 Å². The van der Waals surface area contributed by atoms with E-state index in [2.05, 4.69) is 22.9 Å². The van der Waals surface area contributed by atoms with Crippen LogP contribution in [0.25, 0.3) is 0 Å². The third-order valence-corrected chi connectivity index (χ3v) is 7.17. The van der Waals surface area contributed by atoms with Crippen LogP contribution in [-0.2, 0) is 19.9 Å². The first-order valence-electron chi connectivity index (χ1n) is 5.41. The summed E-state index contributed by atoms with van der Waals surface area (Å²) >= 11 is 3.45. The average molecular weight is 348 g/mol. The summed E-state index contributed by atoms with van der Waals surface area (Å²) in [6.07, 6.45) is 1.85. The maximum Gasteiger partial charge on any atom is 0.215 e. The summed E-state index contributed by atoms with van der Waals surface area (Å²) in [5.74, 6) is -0.190. The van der Waals surface area contributed by atoms with E-state index in [1.165, 1.54) is 4.31 Å². The van der Waals surface area contributed by atoms with Crippen molar-refractivity contribution in [3.8, 4) is 0 Å². The SMILES string of the molecule is CC1CCN(S(=O)(=O)CCS(C)(=O)=O)CC1Br. The summed E-state index contributed by atoms with van der Waals surface area (Å²) in [6.45, 7) is 2.97. The molecule has 8 heteroatoms. The van der Waals surface area contributed by atoms with Crippen molar-refractivity contribution in [3.05, 3.63) is 0 Å². The van der Waals surface area contributed by atoms with Gasteiger partial charge in [0.05, 0.1) is 11.5 Å². The van der Waals surface area contributed by atoms with Crippen LogP contribution in [0.2, 0.25) is 0 Å². The number of sulfone groups is 1. The van der Waals surface area contributed by atoms with Crippen molar-refractivity contribution in [3.63, 3.8) is 0 Å². The smallest absolute Gasteiger partial charge is 0.215 e. The maximum atomic E-state index is 11.9. The van der Waals surface area contributed by atoms with Gasteiger partial charge in [0.15, 0.2) is 0 Å². The quantitative estimate of drug-likeness (QED) is 0.693. The van der Waals surface area contributed by atoms with E-state index in [0.29, 0.717) is 19.0 Å². The van der Waals surface area contributed by atoms with Gasteiger partial charge in [0.1, 0.15) is 9.84 Å². The molecule has 5 nitrogen and oxygen atoms in total. The van der Waals surface area contributed by atoms with Crippen molar-refractivity contribution in [2.75, 3.05) is 30.9 Å². The molecule has 0 aliphatic carbocycles. The lowest BCUT2D eigenvalue weighted by atomic mass is 10.0. The van der Waals surface area contributed by atoms with E-state index in [0.717, 1.165) is 12.7 Å². The van der Waals surface area contributed by atoms with E-state index < -0.39 is 19.9 Å². The highest BCUT2D eigenvalue weighted by Crippen LogP contribution is 2.25. The molecule has 1 rings (SSSR count). The molecule has 102 valence electrons. The number of sulfonamides is 1. The van der Waals surface area contributed by atoms with Gasteiger partial charge in [-0.2, -0.15) is 0 Å². The molecule has 0 aromatic heterocycles. The molecule has 2 atom stereocenters. The van der Waals surface area contributed by atoms with E-state index in [4.69, 9.17) is 0 Å². The summed E-state index contributed by atoms with van der Waals surface area (Å²) in [6, 6.07) is 0. The van der Waals surface area contributed by atoms with Crippen molar-refractivity contribution in [2.24, 2.45) is 5.92 Å². The van der Waals surface area contributed by atoms with Gasteiger partial charge in [-0.05, 0) is 12.3 Å². The van der Waals surface area contributed by atoms with Crippen LogP contribution in [-0.4, -0.2) is 56.8 Å².